The molecule has 146 valence electrons. The van der Waals surface area contributed by atoms with Crippen molar-refractivity contribution in [3.63, 3.8) is 0 Å². The van der Waals surface area contributed by atoms with E-state index in [-0.39, 0.29) is 0 Å². The molecule has 1 saturated heterocycles. The van der Waals surface area contributed by atoms with Crippen LogP contribution in [0.1, 0.15) is 11.1 Å². The quantitative estimate of drug-likeness (QED) is 0.734. The van der Waals surface area contributed by atoms with E-state index in [1.165, 1.54) is 11.1 Å². The Bertz CT molecular complexity index is 674. The van der Waals surface area contributed by atoms with Crippen LogP contribution in [0.3, 0.4) is 0 Å². The zero-order valence-electron chi connectivity index (χ0n) is 16.1. The van der Waals surface area contributed by atoms with Gasteiger partial charge in [-0.25, -0.2) is 0 Å². The smallest absolute Gasteiger partial charge is 0.119 e. The highest BCUT2D eigenvalue weighted by Crippen LogP contribution is 2.12. The molecule has 1 fully saturated rings. The number of ether oxygens (including phenoxy) is 2. The van der Waals surface area contributed by atoms with Gasteiger partial charge in [0.15, 0.2) is 0 Å². The number of nitrogens with zero attached hydrogens (tertiary/aromatic N) is 2. The summed E-state index contributed by atoms with van der Waals surface area (Å²) in [6.07, 6.45) is -0.522. The van der Waals surface area contributed by atoms with E-state index in [4.69, 9.17) is 9.47 Å². The first-order valence-corrected chi connectivity index (χ1v) is 9.61. The summed E-state index contributed by atoms with van der Waals surface area (Å²) in [7, 11) is 2.03. The van der Waals surface area contributed by atoms with E-state index >= 15 is 0 Å². The molecule has 1 unspecified atom stereocenters. The lowest BCUT2D eigenvalue weighted by Gasteiger charge is -2.27. The number of rotatable bonds is 9. The van der Waals surface area contributed by atoms with Crippen LogP contribution < -0.4 is 4.74 Å². The van der Waals surface area contributed by atoms with Crippen molar-refractivity contribution in [2.75, 3.05) is 46.5 Å². The number of benzene rings is 2. The lowest BCUT2D eigenvalue weighted by Crippen LogP contribution is -2.35. The number of aliphatic hydroxyl groups is 1. The molecule has 1 aliphatic heterocycles. The molecule has 0 spiro atoms. The second-order valence-corrected chi connectivity index (χ2v) is 7.18. The van der Waals surface area contributed by atoms with Crippen LogP contribution in [0.5, 0.6) is 5.75 Å². The molecule has 2 aromatic carbocycles. The molecule has 3 rings (SSSR count). The Morgan fingerprint density at radius 2 is 1.81 bits per heavy atom. The SMILES string of the molecule is CN(Cc1cccc(CN2CCOCC2)c1)CC(O)COc1ccccc1. The highest BCUT2D eigenvalue weighted by atomic mass is 16.5. The Balaban J connectivity index is 1.44. The molecule has 1 aliphatic rings. The number of para-hydroxylation sites is 1. The van der Waals surface area contributed by atoms with Gasteiger partial charge < -0.3 is 14.6 Å². The van der Waals surface area contributed by atoms with Crippen LogP contribution in [-0.4, -0.2) is 67.5 Å². The summed E-state index contributed by atoms with van der Waals surface area (Å²) < 4.78 is 11.0. The fourth-order valence-electron chi connectivity index (χ4n) is 3.34. The first-order chi connectivity index (χ1) is 13.2. The highest BCUT2D eigenvalue weighted by Gasteiger charge is 2.12. The predicted molar refractivity (Wildman–Crippen MR) is 107 cm³/mol. The minimum atomic E-state index is -0.522. The molecule has 0 aliphatic carbocycles. The van der Waals surface area contributed by atoms with Crippen LogP contribution in [0.2, 0.25) is 0 Å². The molecule has 1 heterocycles. The molecule has 1 atom stereocenters. The van der Waals surface area contributed by atoms with Gasteiger partial charge in [-0.05, 0) is 30.3 Å². The molecule has 1 N–H and O–H groups in total. The molecule has 5 heteroatoms. The lowest BCUT2D eigenvalue weighted by molar-refractivity contribution is 0.0342. The molecular formula is C22H30N2O3. The Labute approximate surface area is 162 Å². The first kappa shape index (κ1) is 19.8. The van der Waals surface area contributed by atoms with Gasteiger partial charge in [-0.15, -0.1) is 0 Å². The van der Waals surface area contributed by atoms with E-state index in [9.17, 15) is 5.11 Å². The van der Waals surface area contributed by atoms with Crippen LogP contribution in [0.15, 0.2) is 54.6 Å². The van der Waals surface area contributed by atoms with Crippen molar-refractivity contribution in [3.05, 3.63) is 65.7 Å². The molecule has 0 bridgehead atoms. The Morgan fingerprint density at radius 3 is 2.59 bits per heavy atom. The molecule has 2 aromatic rings. The van der Waals surface area contributed by atoms with Crippen LogP contribution >= 0.6 is 0 Å². The van der Waals surface area contributed by atoms with Crippen molar-refractivity contribution in [1.82, 2.24) is 9.80 Å². The minimum Gasteiger partial charge on any atom is -0.491 e. The molecule has 5 nitrogen and oxygen atoms in total. The monoisotopic (exact) mass is 370 g/mol. The first-order valence-electron chi connectivity index (χ1n) is 9.61. The summed E-state index contributed by atoms with van der Waals surface area (Å²) in [5.74, 6) is 0.787. The van der Waals surface area contributed by atoms with Crippen LogP contribution in [0.25, 0.3) is 0 Å². The maximum atomic E-state index is 10.2. The Kier molecular flexibility index (Phi) is 7.66. The summed E-state index contributed by atoms with van der Waals surface area (Å²) in [6, 6.07) is 18.3. The molecule has 0 aromatic heterocycles. The maximum Gasteiger partial charge on any atom is 0.119 e. The van der Waals surface area contributed by atoms with Crippen LogP contribution in [0, 0.1) is 0 Å². The van der Waals surface area contributed by atoms with Crippen molar-refractivity contribution in [1.29, 1.82) is 0 Å². The number of hydrogen-bond donors (Lipinski definition) is 1. The highest BCUT2D eigenvalue weighted by molar-refractivity contribution is 5.23. The van der Waals surface area contributed by atoms with Crippen molar-refractivity contribution in [3.8, 4) is 5.75 Å². The van der Waals surface area contributed by atoms with Gasteiger partial charge in [0.05, 0.1) is 13.2 Å². The normalized spacial score (nSPS) is 16.4. The zero-order chi connectivity index (χ0) is 18.9. The van der Waals surface area contributed by atoms with Gasteiger partial charge in [-0.3, -0.25) is 9.80 Å². The molecular weight excluding hydrogens is 340 g/mol. The third-order valence-corrected chi connectivity index (χ3v) is 4.66. The standard InChI is InChI=1S/C22H30N2O3/c1-23(17-21(25)18-27-22-8-3-2-4-9-22)15-19-6-5-7-20(14-19)16-24-10-12-26-13-11-24/h2-9,14,21,25H,10-13,15-18H2,1H3. The molecule has 27 heavy (non-hydrogen) atoms. The Morgan fingerprint density at radius 1 is 1.07 bits per heavy atom. The second kappa shape index (κ2) is 10.4. The molecule has 0 amide bonds. The van der Waals surface area contributed by atoms with E-state index in [1.54, 1.807) is 0 Å². The van der Waals surface area contributed by atoms with Gasteiger partial charge in [-0.2, -0.15) is 0 Å². The number of likely N-dealkylation sites (N-methyl/N-ethyl adjacent to an activating group) is 1. The van der Waals surface area contributed by atoms with Gasteiger partial charge in [0.25, 0.3) is 0 Å². The largest absolute Gasteiger partial charge is 0.491 e. The number of aliphatic hydroxyl groups excluding tert-OH is 1. The van der Waals surface area contributed by atoms with Crippen molar-refractivity contribution < 1.29 is 14.6 Å². The summed E-state index contributed by atoms with van der Waals surface area (Å²) in [5, 5.41) is 10.2. The van der Waals surface area contributed by atoms with Gasteiger partial charge >= 0.3 is 0 Å². The number of morpholine rings is 1. The lowest BCUT2D eigenvalue weighted by atomic mass is 10.1. The second-order valence-electron chi connectivity index (χ2n) is 7.18. The average molecular weight is 370 g/mol. The summed E-state index contributed by atoms with van der Waals surface area (Å²) in [6.45, 7) is 6.28. The van der Waals surface area contributed by atoms with E-state index < -0.39 is 6.10 Å². The summed E-state index contributed by atoms with van der Waals surface area (Å²) in [5.41, 5.74) is 2.59. The molecule has 0 radical (unpaired) electrons. The fraction of sp³-hybridized carbons (Fsp3) is 0.455. The maximum absolute atomic E-state index is 10.2. The summed E-state index contributed by atoms with van der Waals surface area (Å²) in [4.78, 5) is 4.56. The molecule has 0 saturated carbocycles. The van der Waals surface area contributed by atoms with Gasteiger partial charge in [0.1, 0.15) is 18.5 Å². The average Bonchev–Trinajstić information content (AvgIpc) is 2.68. The van der Waals surface area contributed by atoms with Gasteiger partial charge in [-0.1, -0.05) is 42.5 Å². The topological polar surface area (TPSA) is 45.2 Å². The Hall–Kier alpha value is -1.92. The van der Waals surface area contributed by atoms with E-state index in [0.717, 1.165) is 45.1 Å². The predicted octanol–water partition coefficient (Wildman–Crippen LogP) is 2.39. The van der Waals surface area contributed by atoms with Gasteiger partial charge in [0, 0.05) is 32.7 Å². The van der Waals surface area contributed by atoms with E-state index in [2.05, 4.69) is 34.1 Å². The minimum absolute atomic E-state index is 0.297. The third kappa shape index (κ3) is 6.96. The van der Waals surface area contributed by atoms with E-state index in [0.29, 0.717) is 13.2 Å². The van der Waals surface area contributed by atoms with Crippen molar-refractivity contribution in [2.24, 2.45) is 0 Å². The zero-order valence-corrected chi connectivity index (χ0v) is 16.1. The van der Waals surface area contributed by atoms with Crippen molar-refractivity contribution in [2.45, 2.75) is 19.2 Å². The van der Waals surface area contributed by atoms with Crippen LogP contribution in [-0.2, 0) is 17.8 Å². The van der Waals surface area contributed by atoms with Gasteiger partial charge in [0.2, 0.25) is 0 Å². The number of hydrogen-bond acceptors (Lipinski definition) is 5. The summed E-state index contributed by atoms with van der Waals surface area (Å²) >= 11 is 0. The fourth-order valence-corrected chi connectivity index (χ4v) is 3.34. The van der Waals surface area contributed by atoms with E-state index in [1.807, 2.05) is 37.4 Å². The van der Waals surface area contributed by atoms with Crippen molar-refractivity contribution >= 4 is 0 Å². The van der Waals surface area contributed by atoms with Crippen LogP contribution in [0.4, 0.5) is 0 Å². The third-order valence-electron chi connectivity index (χ3n) is 4.66.